The first kappa shape index (κ1) is 17.4. The van der Waals surface area contributed by atoms with Crippen molar-refractivity contribution in [2.24, 2.45) is 11.3 Å². The predicted molar refractivity (Wildman–Crippen MR) is 88.6 cm³/mol. The zero-order chi connectivity index (χ0) is 16.2. The number of Topliss-reactive ketones (excluding diaryl/α,β-unsaturated/α-hetero) is 1. The number of ketones is 1. The third-order valence-electron chi connectivity index (χ3n) is 5.07. The van der Waals surface area contributed by atoms with Gasteiger partial charge in [0.1, 0.15) is 6.79 Å². The molecule has 0 spiro atoms. The van der Waals surface area contributed by atoms with Crippen LogP contribution in [0.4, 0.5) is 0 Å². The fourth-order valence-corrected chi connectivity index (χ4v) is 3.75. The molecule has 0 aromatic rings. The second-order valence-electron chi connectivity index (χ2n) is 7.34. The molecule has 0 fully saturated rings. The maximum atomic E-state index is 12.7. The van der Waals surface area contributed by atoms with Crippen molar-refractivity contribution < 1.29 is 14.3 Å². The van der Waals surface area contributed by atoms with Crippen molar-refractivity contribution in [2.45, 2.75) is 65.4 Å². The number of ether oxygens (including phenoxy) is 2. The molecule has 0 aromatic heterocycles. The minimum Gasteiger partial charge on any atom is -0.359 e. The maximum Gasteiger partial charge on any atom is 0.159 e. The number of allylic oxidation sites excluding steroid dienone is 3. The van der Waals surface area contributed by atoms with E-state index in [1.54, 1.807) is 7.11 Å². The summed E-state index contributed by atoms with van der Waals surface area (Å²) in [5.74, 6) is 0.678. The van der Waals surface area contributed by atoms with E-state index in [9.17, 15) is 4.79 Å². The molecular weight excluding hydrogens is 276 g/mol. The summed E-state index contributed by atoms with van der Waals surface area (Å²) < 4.78 is 10.9. The molecular formula is C19H30O3. The first-order chi connectivity index (χ1) is 10.4. The van der Waals surface area contributed by atoms with E-state index in [0.29, 0.717) is 24.9 Å². The lowest BCUT2D eigenvalue weighted by molar-refractivity contribution is -0.117. The van der Waals surface area contributed by atoms with Gasteiger partial charge in [0.2, 0.25) is 0 Å². The van der Waals surface area contributed by atoms with Crippen LogP contribution in [0.15, 0.2) is 23.3 Å². The smallest absolute Gasteiger partial charge is 0.159 e. The summed E-state index contributed by atoms with van der Waals surface area (Å²) in [6, 6.07) is 0. The highest BCUT2D eigenvalue weighted by atomic mass is 16.7. The molecule has 0 amide bonds. The molecule has 2 rings (SSSR count). The van der Waals surface area contributed by atoms with Crippen LogP contribution in [-0.4, -0.2) is 25.8 Å². The average molecular weight is 306 g/mol. The number of carbonyl (C=O) groups excluding carboxylic acids is 1. The van der Waals surface area contributed by atoms with Gasteiger partial charge in [0, 0.05) is 13.5 Å². The highest BCUT2D eigenvalue weighted by Crippen LogP contribution is 2.44. The van der Waals surface area contributed by atoms with E-state index in [-0.39, 0.29) is 11.5 Å². The lowest BCUT2D eigenvalue weighted by Gasteiger charge is -2.26. The van der Waals surface area contributed by atoms with Crippen LogP contribution < -0.4 is 0 Å². The normalized spacial score (nSPS) is 36.1. The van der Waals surface area contributed by atoms with Crippen molar-refractivity contribution in [1.29, 1.82) is 0 Å². The fourth-order valence-electron chi connectivity index (χ4n) is 3.75. The first-order valence-electron chi connectivity index (χ1n) is 8.44. The minimum atomic E-state index is 0.0330. The van der Waals surface area contributed by atoms with Gasteiger partial charge < -0.3 is 9.47 Å². The second kappa shape index (κ2) is 7.56. The molecule has 0 saturated carbocycles. The van der Waals surface area contributed by atoms with Crippen LogP contribution in [0.25, 0.3) is 0 Å². The SMILES string of the molecule is COCOC1C/C(C)=C\C[C@]2(C)CCC=C2C(=O)C[C@H](C)C1. The van der Waals surface area contributed by atoms with E-state index in [1.165, 1.54) is 5.57 Å². The zero-order valence-electron chi connectivity index (χ0n) is 14.5. The van der Waals surface area contributed by atoms with Gasteiger partial charge in [0.25, 0.3) is 0 Å². The molecule has 2 aliphatic carbocycles. The van der Waals surface area contributed by atoms with Crippen LogP contribution in [0.1, 0.15) is 59.3 Å². The number of hydrogen-bond acceptors (Lipinski definition) is 3. The Morgan fingerprint density at radius 3 is 2.82 bits per heavy atom. The maximum absolute atomic E-state index is 12.7. The molecule has 0 saturated heterocycles. The van der Waals surface area contributed by atoms with Crippen LogP contribution in [-0.2, 0) is 14.3 Å². The van der Waals surface area contributed by atoms with Gasteiger partial charge in [-0.25, -0.2) is 0 Å². The number of carbonyl (C=O) groups is 1. The molecule has 0 bridgehead atoms. The van der Waals surface area contributed by atoms with Crippen molar-refractivity contribution >= 4 is 5.78 Å². The summed E-state index contributed by atoms with van der Waals surface area (Å²) in [7, 11) is 1.65. The lowest BCUT2D eigenvalue weighted by atomic mass is 9.77. The quantitative estimate of drug-likeness (QED) is 0.571. The van der Waals surface area contributed by atoms with E-state index < -0.39 is 0 Å². The molecule has 0 aromatic carbocycles. The number of methoxy groups -OCH3 is 1. The minimum absolute atomic E-state index is 0.0330. The van der Waals surface area contributed by atoms with Gasteiger partial charge >= 0.3 is 0 Å². The average Bonchev–Trinajstić information content (AvgIpc) is 2.84. The predicted octanol–water partition coefficient (Wildman–Crippen LogP) is 4.43. The van der Waals surface area contributed by atoms with Crippen molar-refractivity contribution in [3.63, 3.8) is 0 Å². The van der Waals surface area contributed by atoms with E-state index in [0.717, 1.165) is 37.7 Å². The summed E-state index contributed by atoms with van der Waals surface area (Å²) in [6.07, 6.45) is 10.2. The first-order valence-corrected chi connectivity index (χ1v) is 8.44. The molecule has 22 heavy (non-hydrogen) atoms. The van der Waals surface area contributed by atoms with Crippen LogP contribution >= 0.6 is 0 Å². The van der Waals surface area contributed by atoms with Crippen molar-refractivity contribution in [1.82, 2.24) is 0 Å². The molecule has 3 heteroatoms. The van der Waals surface area contributed by atoms with Crippen LogP contribution in [0.2, 0.25) is 0 Å². The lowest BCUT2D eigenvalue weighted by Crippen LogP contribution is -2.23. The highest BCUT2D eigenvalue weighted by Gasteiger charge is 2.36. The van der Waals surface area contributed by atoms with Crippen LogP contribution in [0, 0.1) is 11.3 Å². The molecule has 2 aliphatic rings. The van der Waals surface area contributed by atoms with Crippen LogP contribution in [0.3, 0.4) is 0 Å². The Morgan fingerprint density at radius 1 is 1.32 bits per heavy atom. The third-order valence-corrected chi connectivity index (χ3v) is 5.07. The van der Waals surface area contributed by atoms with E-state index >= 15 is 0 Å². The summed E-state index contributed by atoms with van der Waals surface area (Å²) in [4.78, 5) is 12.7. The number of rotatable bonds is 3. The van der Waals surface area contributed by atoms with Gasteiger partial charge in [0.15, 0.2) is 5.78 Å². The Kier molecular flexibility index (Phi) is 5.99. The van der Waals surface area contributed by atoms with Gasteiger partial charge in [-0.3, -0.25) is 4.79 Å². The molecule has 3 nitrogen and oxygen atoms in total. The topological polar surface area (TPSA) is 35.5 Å². The van der Waals surface area contributed by atoms with Crippen LogP contribution in [0.5, 0.6) is 0 Å². The molecule has 124 valence electrons. The Bertz CT molecular complexity index is 463. The molecule has 1 unspecified atom stereocenters. The van der Waals surface area contributed by atoms with Gasteiger partial charge in [-0.1, -0.05) is 31.6 Å². The third kappa shape index (κ3) is 4.30. The number of hydrogen-bond donors (Lipinski definition) is 0. The van der Waals surface area contributed by atoms with E-state index in [1.807, 2.05) is 0 Å². The van der Waals surface area contributed by atoms with Crippen molar-refractivity contribution in [2.75, 3.05) is 13.9 Å². The Balaban J connectivity index is 2.19. The highest BCUT2D eigenvalue weighted by molar-refractivity contribution is 5.97. The van der Waals surface area contributed by atoms with Gasteiger partial charge in [-0.15, -0.1) is 0 Å². The largest absolute Gasteiger partial charge is 0.359 e. The van der Waals surface area contributed by atoms with E-state index in [2.05, 4.69) is 32.9 Å². The molecule has 0 N–H and O–H groups in total. The summed E-state index contributed by atoms with van der Waals surface area (Å²) in [5.41, 5.74) is 2.46. The van der Waals surface area contributed by atoms with Gasteiger partial charge in [-0.05, 0) is 55.9 Å². The van der Waals surface area contributed by atoms with Gasteiger partial charge in [0.05, 0.1) is 6.10 Å². The van der Waals surface area contributed by atoms with E-state index in [4.69, 9.17) is 9.47 Å². The molecule has 0 aliphatic heterocycles. The Hall–Kier alpha value is -0.930. The standard InChI is InChI=1S/C19H30O3/c1-14-7-9-19(3)8-5-6-17(19)18(20)12-15(2)11-16(10-14)22-13-21-4/h6-7,15-16H,5,8-13H2,1-4H3/b14-7-/t15-,16?,19+/m1/s1. The Morgan fingerprint density at radius 2 is 2.09 bits per heavy atom. The molecule has 3 atom stereocenters. The Labute approximate surface area is 134 Å². The fraction of sp³-hybridized carbons (Fsp3) is 0.737. The summed E-state index contributed by atoms with van der Waals surface area (Å²) >= 11 is 0. The van der Waals surface area contributed by atoms with Gasteiger partial charge in [-0.2, -0.15) is 0 Å². The molecule has 0 radical (unpaired) electrons. The van der Waals surface area contributed by atoms with Crippen molar-refractivity contribution in [3.8, 4) is 0 Å². The summed E-state index contributed by atoms with van der Waals surface area (Å²) in [6.45, 7) is 6.90. The summed E-state index contributed by atoms with van der Waals surface area (Å²) in [5, 5.41) is 0. The molecule has 0 heterocycles. The number of fused-ring (bicyclic) bond motifs is 1. The monoisotopic (exact) mass is 306 g/mol. The van der Waals surface area contributed by atoms with Crippen molar-refractivity contribution in [3.05, 3.63) is 23.3 Å². The second-order valence-corrected chi connectivity index (χ2v) is 7.34. The zero-order valence-corrected chi connectivity index (χ0v) is 14.5.